The highest BCUT2D eigenvalue weighted by Gasteiger charge is 2.32. The Bertz CT molecular complexity index is 946. The van der Waals surface area contributed by atoms with E-state index in [2.05, 4.69) is 15.6 Å². The number of amidine groups is 1. The second kappa shape index (κ2) is 8.66. The van der Waals surface area contributed by atoms with Crippen LogP contribution < -0.4 is 10.6 Å². The monoisotopic (exact) mass is 398 g/mol. The number of amides is 2. The molecule has 1 fully saturated rings. The van der Waals surface area contributed by atoms with E-state index >= 15 is 0 Å². The van der Waals surface area contributed by atoms with Crippen molar-refractivity contribution in [1.82, 2.24) is 5.32 Å². The average molecular weight is 398 g/mol. The zero-order valence-electron chi connectivity index (χ0n) is 15.0. The van der Waals surface area contributed by atoms with E-state index in [0.717, 1.165) is 11.1 Å². The van der Waals surface area contributed by atoms with Crippen LogP contribution in [-0.4, -0.2) is 27.2 Å². The molecule has 1 atom stereocenters. The predicted molar refractivity (Wildman–Crippen MR) is 108 cm³/mol. The van der Waals surface area contributed by atoms with Crippen molar-refractivity contribution in [2.24, 2.45) is 4.99 Å². The van der Waals surface area contributed by atoms with E-state index in [0.29, 0.717) is 11.7 Å². The largest absolute Gasteiger partial charge is 0.320 e. The molecule has 28 heavy (non-hydrogen) atoms. The number of carbonyl (C=O) groups excluding carboxylic acids is 2. The van der Waals surface area contributed by atoms with Gasteiger partial charge < -0.3 is 10.6 Å². The third-order valence-electron chi connectivity index (χ3n) is 4.02. The summed E-state index contributed by atoms with van der Waals surface area (Å²) in [6.45, 7) is 2.16. The van der Waals surface area contributed by atoms with Gasteiger partial charge in [-0.15, -0.1) is 0 Å². The molecule has 1 unspecified atom stereocenters. The summed E-state index contributed by atoms with van der Waals surface area (Å²) in [5.74, 6) is -0.769. The highest BCUT2D eigenvalue weighted by Crippen LogP contribution is 2.27. The van der Waals surface area contributed by atoms with Crippen molar-refractivity contribution in [3.8, 4) is 0 Å². The first kappa shape index (κ1) is 19.6. The van der Waals surface area contributed by atoms with E-state index in [1.165, 1.54) is 23.9 Å². The fourth-order valence-corrected chi connectivity index (χ4v) is 3.60. The van der Waals surface area contributed by atoms with Crippen LogP contribution in [0, 0.1) is 17.0 Å². The summed E-state index contributed by atoms with van der Waals surface area (Å²) in [6.07, 6.45) is -0.105. The summed E-state index contributed by atoms with van der Waals surface area (Å²) in [7, 11) is 0. The molecule has 8 nitrogen and oxygen atoms in total. The Hall–Kier alpha value is -3.20. The number of hydrogen-bond donors (Lipinski definition) is 2. The topological polar surface area (TPSA) is 114 Å². The Balaban J connectivity index is 1.60. The number of aryl methyl sites for hydroxylation is 1. The number of carbonyl (C=O) groups is 2. The Labute approximate surface area is 165 Å². The summed E-state index contributed by atoms with van der Waals surface area (Å²) in [6, 6.07) is 14.2. The van der Waals surface area contributed by atoms with Gasteiger partial charge in [-0.2, -0.15) is 0 Å². The molecule has 0 radical (unpaired) electrons. The maximum Gasteiger partial charge on any atom is 0.293 e. The van der Waals surface area contributed by atoms with Crippen molar-refractivity contribution >= 4 is 40.1 Å². The van der Waals surface area contributed by atoms with Gasteiger partial charge in [-0.3, -0.25) is 24.7 Å². The number of nitrogens with one attached hydrogen (secondary N) is 2. The number of nitro groups is 1. The van der Waals surface area contributed by atoms with Crippen LogP contribution in [0.3, 0.4) is 0 Å². The molecule has 144 valence electrons. The molecule has 2 N–H and O–H groups in total. The fourth-order valence-electron chi connectivity index (χ4n) is 2.63. The van der Waals surface area contributed by atoms with Gasteiger partial charge in [0, 0.05) is 12.5 Å². The van der Waals surface area contributed by atoms with Gasteiger partial charge in [0.05, 0.1) is 11.5 Å². The van der Waals surface area contributed by atoms with E-state index in [4.69, 9.17) is 0 Å². The molecule has 1 aliphatic heterocycles. The molecule has 9 heteroatoms. The number of anilines is 1. The van der Waals surface area contributed by atoms with Crippen LogP contribution in [0.4, 0.5) is 11.4 Å². The van der Waals surface area contributed by atoms with Crippen LogP contribution in [0.5, 0.6) is 0 Å². The average Bonchev–Trinajstić information content (AvgIpc) is 3.01. The SMILES string of the molecule is Cc1ccc(NC(=O)CC2SC(=NCc3ccccc3)NC2=O)c([N+](=O)[O-])c1. The normalized spacial score (nSPS) is 17.4. The molecule has 1 heterocycles. The van der Waals surface area contributed by atoms with Crippen LogP contribution in [0.15, 0.2) is 53.5 Å². The number of nitro benzene ring substituents is 1. The first-order valence-corrected chi connectivity index (χ1v) is 9.41. The number of rotatable bonds is 6. The molecule has 0 bridgehead atoms. The standard InChI is InChI=1S/C19H18N4O4S/c1-12-7-8-14(15(9-12)23(26)27)21-17(24)10-16-18(25)22-19(28-16)20-11-13-5-3-2-4-6-13/h2-9,16H,10-11H2,1H3,(H,21,24)(H,20,22,25). The molecule has 0 spiro atoms. The molecule has 2 aromatic rings. The highest BCUT2D eigenvalue weighted by atomic mass is 32.2. The molecule has 0 aliphatic carbocycles. The minimum absolute atomic E-state index is 0.105. The van der Waals surface area contributed by atoms with Crippen LogP contribution in [0.2, 0.25) is 0 Å². The summed E-state index contributed by atoms with van der Waals surface area (Å²) < 4.78 is 0. The highest BCUT2D eigenvalue weighted by molar-refractivity contribution is 8.15. The lowest BCUT2D eigenvalue weighted by atomic mass is 10.2. The lowest BCUT2D eigenvalue weighted by molar-refractivity contribution is -0.384. The summed E-state index contributed by atoms with van der Waals surface area (Å²) >= 11 is 1.18. The lowest BCUT2D eigenvalue weighted by Crippen LogP contribution is -2.28. The van der Waals surface area contributed by atoms with Crippen molar-refractivity contribution in [2.75, 3.05) is 5.32 Å². The van der Waals surface area contributed by atoms with E-state index in [1.54, 1.807) is 13.0 Å². The molecule has 3 rings (SSSR count). The number of thioether (sulfide) groups is 1. The minimum atomic E-state index is -0.626. The van der Waals surface area contributed by atoms with Crippen molar-refractivity contribution in [3.05, 3.63) is 69.8 Å². The Morgan fingerprint density at radius 2 is 2.04 bits per heavy atom. The lowest BCUT2D eigenvalue weighted by Gasteiger charge is -2.08. The second-order valence-corrected chi connectivity index (χ2v) is 7.42. The molecular weight excluding hydrogens is 380 g/mol. The van der Waals surface area contributed by atoms with Crippen LogP contribution in [-0.2, 0) is 16.1 Å². The third kappa shape index (κ3) is 4.95. The van der Waals surface area contributed by atoms with E-state index in [9.17, 15) is 19.7 Å². The van der Waals surface area contributed by atoms with Gasteiger partial charge >= 0.3 is 0 Å². The van der Waals surface area contributed by atoms with Crippen LogP contribution in [0.1, 0.15) is 17.5 Å². The molecule has 2 amide bonds. The zero-order valence-corrected chi connectivity index (χ0v) is 15.9. The van der Waals surface area contributed by atoms with E-state index in [-0.39, 0.29) is 23.7 Å². The minimum Gasteiger partial charge on any atom is -0.320 e. The summed E-state index contributed by atoms with van der Waals surface area (Å²) in [5, 5.41) is 16.2. The Morgan fingerprint density at radius 3 is 2.75 bits per heavy atom. The number of benzene rings is 2. The van der Waals surface area contributed by atoms with Crippen molar-refractivity contribution < 1.29 is 14.5 Å². The Kier molecular flexibility index (Phi) is 6.05. The van der Waals surface area contributed by atoms with Crippen molar-refractivity contribution in [3.63, 3.8) is 0 Å². The second-order valence-electron chi connectivity index (χ2n) is 6.23. The first-order valence-electron chi connectivity index (χ1n) is 8.53. The smallest absolute Gasteiger partial charge is 0.293 e. The van der Waals surface area contributed by atoms with Gasteiger partial charge in [-0.05, 0) is 24.1 Å². The van der Waals surface area contributed by atoms with Gasteiger partial charge in [0.15, 0.2) is 5.17 Å². The van der Waals surface area contributed by atoms with Gasteiger partial charge in [0.2, 0.25) is 11.8 Å². The fraction of sp³-hybridized carbons (Fsp3) is 0.211. The molecular formula is C19H18N4O4S. The summed E-state index contributed by atoms with van der Waals surface area (Å²) in [5.41, 5.74) is 1.66. The molecule has 2 aromatic carbocycles. The Morgan fingerprint density at radius 1 is 1.29 bits per heavy atom. The van der Waals surface area contributed by atoms with E-state index < -0.39 is 16.1 Å². The molecule has 0 aromatic heterocycles. The zero-order chi connectivity index (χ0) is 20.1. The van der Waals surface area contributed by atoms with E-state index in [1.807, 2.05) is 30.3 Å². The quantitative estimate of drug-likeness (QED) is 0.573. The van der Waals surface area contributed by atoms with Crippen LogP contribution >= 0.6 is 11.8 Å². The molecule has 0 saturated carbocycles. The maximum atomic E-state index is 12.3. The molecule has 1 aliphatic rings. The van der Waals surface area contributed by atoms with Gasteiger partial charge in [0.25, 0.3) is 5.69 Å². The number of aliphatic imine (C=N–C) groups is 1. The predicted octanol–water partition coefficient (Wildman–Crippen LogP) is 3.02. The van der Waals surface area contributed by atoms with Gasteiger partial charge in [0.1, 0.15) is 10.9 Å². The van der Waals surface area contributed by atoms with Gasteiger partial charge in [-0.25, -0.2) is 0 Å². The van der Waals surface area contributed by atoms with Gasteiger partial charge in [-0.1, -0.05) is 48.2 Å². The number of nitrogens with zero attached hydrogens (tertiary/aromatic N) is 2. The third-order valence-corrected chi connectivity index (χ3v) is 5.14. The number of hydrogen-bond acceptors (Lipinski definition) is 6. The van der Waals surface area contributed by atoms with Crippen LogP contribution in [0.25, 0.3) is 0 Å². The maximum absolute atomic E-state index is 12.3. The van der Waals surface area contributed by atoms with Crippen molar-refractivity contribution in [1.29, 1.82) is 0 Å². The first-order chi connectivity index (χ1) is 13.4. The van der Waals surface area contributed by atoms with Crippen molar-refractivity contribution in [2.45, 2.75) is 25.1 Å². The molecule has 1 saturated heterocycles. The summed E-state index contributed by atoms with van der Waals surface area (Å²) in [4.78, 5) is 39.4.